The quantitative estimate of drug-likeness (QED) is 0.755. The van der Waals surface area contributed by atoms with Crippen molar-refractivity contribution < 1.29 is 4.39 Å². The zero-order valence-electron chi connectivity index (χ0n) is 8.68. The maximum absolute atomic E-state index is 13.1. The normalized spacial score (nSPS) is 18.0. The zero-order chi connectivity index (χ0) is 10.7. The highest BCUT2D eigenvalue weighted by atomic mass is 127. The van der Waals surface area contributed by atoms with E-state index >= 15 is 0 Å². The Morgan fingerprint density at radius 2 is 1.93 bits per heavy atom. The average molecular weight is 319 g/mol. The molecule has 1 nitrogen and oxygen atoms in total. The van der Waals surface area contributed by atoms with Gasteiger partial charge in [-0.25, -0.2) is 4.39 Å². The zero-order valence-corrected chi connectivity index (χ0v) is 10.8. The summed E-state index contributed by atoms with van der Waals surface area (Å²) >= 11 is 2.28. The first-order chi connectivity index (χ1) is 7.25. The van der Waals surface area contributed by atoms with Crippen molar-refractivity contribution in [3.63, 3.8) is 0 Å². The minimum atomic E-state index is -0.123. The van der Waals surface area contributed by atoms with Gasteiger partial charge in [0.1, 0.15) is 5.82 Å². The summed E-state index contributed by atoms with van der Waals surface area (Å²) in [4.78, 5) is 2.42. The summed E-state index contributed by atoms with van der Waals surface area (Å²) in [6, 6.07) is 5.05. The van der Waals surface area contributed by atoms with Crippen LogP contribution in [-0.4, -0.2) is 18.0 Å². The topological polar surface area (TPSA) is 3.24 Å². The molecule has 0 saturated carbocycles. The van der Waals surface area contributed by atoms with Crippen LogP contribution in [0.1, 0.15) is 24.8 Å². The Kier molecular flexibility index (Phi) is 3.97. The number of halogens is 2. The molecule has 1 aromatic rings. The first-order valence-corrected chi connectivity index (χ1v) is 6.50. The Morgan fingerprint density at radius 3 is 2.67 bits per heavy atom. The third kappa shape index (κ3) is 3.14. The van der Waals surface area contributed by atoms with Crippen molar-refractivity contribution in [3.05, 3.63) is 33.1 Å². The summed E-state index contributed by atoms with van der Waals surface area (Å²) in [7, 11) is 0. The van der Waals surface area contributed by atoms with E-state index in [4.69, 9.17) is 0 Å². The fourth-order valence-corrected chi connectivity index (χ4v) is 2.53. The molecule has 0 spiro atoms. The lowest BCUT2D eigenvalue weighted by Crippen LogP contribution is -2.29. The maximum atomic E-state index is 13.1. The van der Waals surface area contributed by atoms with E-state index in [0.29, 0.717) is 0 Å². The van der Waals surface area contributed by atoms with Crippen molar-refractivity contribution in [1.82, 2.24) is 4.90 Å². The molecule has 3 heteroatoms. The van der Waals surface area contributed by atoms with E-state index in [9.17, 15) is 4.39 Å². The minimum absolute atomic E-state index is 0.123. The molecule has 1 aliphatic heterocycles. The third-order valence-electron chi connectivity index (χ3n) is 2.85. The second-order valence-electron chi connectivity index (χ2n) is 4.07. The number of hydrogen-bond acceptors (Lipinski definition) is 1. The average Bonchev–Trinajstić information content (AvgIpc) is 2.25. The summed E-state index contributed by atoms with van der Waals surface area (Å²) in [6.07, 6.45) is 3.91. The molecule has 0 bridgehead atoms. The van der Waals surface area contributed by atoms with Gasteiger partial charge >= 0.3 is 0 Å². The van der Waals surface area contributed by atoms with Crippen LogP contribution in [0.4, 0.5) is 4.39 Å². The van der Waals surface area contributed by atoms with Crippen molar-refractivity contribution in [1.29, 1.82) is 0 Å². The fourth-order valence-electron chi connectivity index (χ4n) is 2.02. The largest absolute Gasteiger partial charge is 0.299 e. The Hall–Kier alpha value is -0.160. The van der Waals surface area contributed by atoms with Gasteiger partial charge in [-0.2, -0.15) is 0 Å². The minimum Gasteiger partial charge on any atom is -0.299 e. The summed E-state index contributed by atoms with van der Waals surface area (Å²) in [5, 5.41) is 0. The molecule has 0 atom stereocenters. The predicted molar refractivity (Wildman–Crippen MR) is 68.2 cm³/mol. The molecule has 2 rings (SSSR count). The Labute approximate surface area is 104 Å². The summed E-state index contributed by atoms with van der Waals surface area (Å²) in [6.45, 7) is 3.22. The summed E-state index contributed by atoms with van der Waals surface area (Å²) < 4.78 is 14.2. The Bertz CT molecular complexity index is 334. The number of benzene rings is 1. The van der Waals surface area contributed by atoms with Crippen LogP contribution in [0, 0.1) is 9.39 Å². The molecular weight excluding hydrogens is 304 g/mol. The van der Waals surface area contributed by atoms with Crippen molar-refractivity contribution in [2.45, 2.75) is 25.8 Å². The lowest BCUT2D eigenvalue weighted by atomic mass is 10.1. The van der Waals surface area contributed by atoms with Crippen LogP contribution in [0.3, 0.4) is 0 Å². The van der Waals surface area contributed by atoms with Gasteiger partial charge in [0.2, 0.25) is 0 Å². The monoisotopic (exact) mass is 319 g/mol. The maximum Gasteiger partial charge on any atom is 0.123 e. The van der Waals surface area contributed by atoms with Gasteiger partial charge in [-0.1, -0.05) is 6.42 Å². The molecule has 1 saturated heterocycles. The molecule has 1 fully saturated rings. The predicted octanol–water partition coefficient (Wildman–Crippen LogP) is 3.42. The van der Waals surface area contributed by atoms with Crippen LogP contribution in [0.25, 0.3) is 0 Å². The molecule has 82 valence electrons. The van der Waals surface area contributed by atoms with Gasteiger partial charge in [0.25, 0.3) is 0 Å². The molecule has 15 heavy (non-hydrogen) atoms. The summed E-state index contributed by atoms with van der Waals surface area (Å²) in [5.74, 6) is -0.123. The molecule has 0 aliphatic carbocycles. The van der Waals surface area contributed by atoms with E-state index in [2.05, 4.69) is 27.5 Å². The SMILES string of the molecule is Fc1ccc(I)c(CN2CCCCC2)c1. The van der Waals surface area contributed by atoms with Crippen LogP contribution >= 0.6 is 22.6 Å². The second kappa shape index (κ2) is 5.25. The highest BCUT2D eigenvalue weighted by Crippen LogP contribution is 2.18. The van der Waals surface area contributed by atoms with Gasteiger partial charge in [-0.15, -0.1) is 0 Å². The lowest BCUT2D eigenvalue weighted by Gasteiger charge is -2.26. The van der Waals surface area contributed by atoms with E-state index < -0.39 is 0 Å². The van der Waals surface area contributed by atoms with E-state index in [-0.39, 0.29) is 5.82 Å². The highest BCUT2D eigenvalue weighted by Gasteiger charge is 2.12. The van der Waals surface area contributed by atoms with Crippen LogP contribution in [-0.2, 0) is 6.54 Å². The van der Waals surface area contributed by atoms with Gasteiger partial charge in [-0.3, -0.25) is 4.90 Å². The molecule has 1 aromatic carbocycles. The van der Waals surface area contributed by atoms with E-state index in [1.54, 1.807) is 6.07 Å². The standard InChI is InChI=1S/C12H15FIN/c13-11-4-5-12(14)10(8-11)9-15-6-2-1-3-7-15/h4-5,8H,1-3,6-7,9H2. The Morgan fingerprint density at radius 1 is 1.20 bits per heavy atom. The third-order valence-corrected chi connectivity index (χ3v) is 3.90. The van der Waals surface area contributed by atoms with E-state index in [0.717, 1.165) is 25.2 Å². The summed E-state index contributed by atoms with van der Waals surface area (Å²) in [5.41, 5.74) is 1.12. The number of likely N-dealkylation sites (tertiary alicyclic amines) is 1. The first-order valence-electron chi connectivity index (χ1n) is 5.42. The first kappa shape index (κ1) is 11.3. The number of hydrogen-bond donors (Lipinski definition) is 0. The van der Waals surface area contributed by atoms with Crippen molar-refractivity contribution in [3.8, 4) is 0 Å². The molecule has 0 radical (unpaired) electrons. The van der Waals surface area contributed by atoms with Crippen LogP contribution in [0.15, 0.2) is 18.2 Å². The van der Waals surface area contributed by atoms with Gasteiger partial charge in [0.15, 0.2) is 0 Å². The second-order valence-corrected chi connectivity index (χ2v) is 5.23. The fraction of sp³-hybridized carbons (Fsp3) is 0.500. The molecule has 0 aromatic heterocycles. The molecule has 1 heterocycles. The van der Waals surface area contributed by atoms with Crippen LogP contribution in [0.5, 0.6) is 0 Å². The molecule has 0 unspecified atom stereocenters. The van der Waals surface area contributed by atoms with Crippen LogP contribution in [0.2, 0.25) is 0 Å². The number of nitrogens with zero attached hydrogens (tertiary/aromatic N) is 1. The van der Waals surface area contributed by atoms with Gasteiger partial charge in [-0.05, 0) is 72.3 Å². The van der Waals surface area contributed by atoms with Gasteiger partial charge in [0.05, 0.1) is 0 Å². The van der Waals surface area contributed by atoms with Crippen molar-refractivity contribution in [2.75, 3.05) is 13.1 Å². The Balaban J connectivity index is 2.05. The highest BCUT2D eigenvalue weighted by molar-refractivity contribution is 14.1. The van der Waals surface area contributed by atoms with Gasteiger partial charge in [0, 0.05) is 10.1 Å². The molecular formula is C12H15FIN. The number of piperidine rings is 1. The smallest absolute Gasteiger partial charge is 0.123 e. The molecule has 1 aliphatic rings. The van der Waals surface area contributed by atoms with E-state index in [1.807, 2.05) is 6.07 Å². The molecule has 0 N–H and O–H groups in total. The van der Waals surface area contributed by atoms with Crippen molar-refractivity contribution in [2.24, 2.45) is 0 Å². The van der Waals surface area contributed by atoms with E-state index in [1.165, 1.54) is 28.9 Å². The number of rotatable bonds is 2. The van der Waals surface area contributed by atoms with Crippen LogP contribution < -0.4 is 0 Å². The van der Waals surface area contributed by atoms with Crippen molar-refractivity contribution >= 4 is 22.6 Å². The molecule has 0 amide bonds. The van der Waals surface area contributed by atoms with Gasteiger partial charge < -0.3 is 0 Å². The lowest BCUT2D eigenvalue weighted by molar-refractivity contribution is 0.220.